The minimum absolute atomic E-state index is 0.0927. The quantitative estimate of drug-likeness (QED) is 0.513. The van der Waals surface area contributed by atoms with Gasteiger partial charge in [-0.05, 0) is 52.7 Å². The predicted molar refractivity (Wildman–Crippen MR) is 99.6 cm³/mol. The average Bonchev–Trinajstić information content (AvgIpc) is 3.44. The monoisotopic (exact) mass is 397 g/mol. The molecule has 0 spiro atoms. The van der Waals surface area contributed by atoms with Gasteiger partial charge in [-0.1, -0.05) is 13.8 Å². The molecule has 150 valence electrons. The van der Waals surface area contributed by atoms with E-state index in [-0.39, 0.29) is 11.7 Å². The highest BCUT2D eigenvalue weighted by Crippen LogP contribution is 2.08. The maximum absolute atomic E-state index is 12.4. The fraction of sp³-hybridized carbons (Fsp3) is 0.222. The third kappa shape index (κ3) is 4.83. The van der Waals surface area contributed by atoms with Crippen LogP contribution in [-0.4, -0.2) is 44.0 Å². The van der Waals surface area contributed by atoms with Crippen molar-refractivity contribution in [1.82, 2.24) is 36.4 Å². The van der Waals surface area contributed by atoms with Crippen molar-refractivity contribution in [3.05, 3.63) is 60.3 Å². The molecule has 3 aromatic rings. The van der Waals surface area contributed by atoms with Crippen molar-refractivity contribution >= 4 is 17.7 Å². The minimum atomic E-state index is -0.866. The van der Waals surface area contributed by atoms with Crippen LogP contribution >= 0.6 is 0 Å². The lowest BCUT2D eigenvalue weighted by molar-refractivity contribution is -0.124. The van der Waals surface area contributed by atoms with Crippen molar-refractivity contribution in [2.75, 3.05) is 0 Å². The number of rotatable bonds is 6. The number of nitrogens with one attached hydrogen (secondary N) is 3. The Morgan fingerprint density at radius 3 is 2.38 bits per heavy atom. The molecule has 3 rings (SSSR count). The third-order valence-electron chi connectivity index (χ3n) is 4.02. The van der Waals surface area contributed by atoms with Gasteiger partial charge in [0.2, 0.25) is 0 Å². The van der Waals surface area contributed by atoms with Gasteiger partial charge >= 0.3 is 0 Å². The van der Waals surface area contributed by atoms with Gasteiger partial charge in [-0.2, -0.15) is 0 Å². The number of amides is 3. The zero-order chi connectivity index (χ0) is 20.8. The number of aromatic nitrogens is 4. The van der Waals surface area contributed by atoms with Crippen LogP contribution in [-0.2, 0) is 4.79 Å². The number of hydrazine groups is 1. The highest BCUT2D eigenvalue weighted by atomic mass is 16.3. The van der Waals surface area contributed by atoms with Crippen molar-refractivity contribution in [3.63, 3.8) is 0 Å². The van der Waals surface area contributed by atoms with E-state index in [1.165, 1.54) is 23.3 Å². The summed E-state index contributed by atoms with van der Waals surface area (Å²) in [6, 6.07) is 8.65. The third-order valence-corrected chi connectivity index (χ3v) is 4.02. The van der Waals surface area contributed by atoms with Gasteiger partial charge in [-0.15, -0.1) is 5.10 Å². The molecule has 11 heteroatoms. The first kappa shape index (κ1) is 19.7. The summed E-state index contributed by atoms with van der Waals surface area (Å²) in [5.74, 6) is -1.72. The van der Waals surface area contributed by atoms with Gasteiger partial charge in [0.15, 0.2) is 5.76 Å². The largest absolute Gasteiger partial charge is 0.459 e. The number of carbonyl (C=O) groups excluding carboxylic acids is 3. The smallest absolute Gasteiger partial charge is 0.287 e. The molecule has 0 unspecified atom stereocenters. The lowest BCUT2D eigenvalue weighted by Crippen LogP contribution is -2.54. The molecule has 0 aliphatic rings. The number of hydrogen-bond donors (Lipinski definition) is 3. The fourth-order valence-electron chi connectivity index (χ4n) is 2.47. The summed E-state index contributed by atoms with van der Waals surface area (Å²) in [4.78, 5) is 36.8. The number of furan rings is 1. The Balaban J connectivity index is 1.57. The first-order valence-electron chi connectivity index (χ1n) is 8.73. The van der Waals surface area contributed by atoms with Crippen LogP contribution in [0.2, 0.25) is 0 Å². The Morgan fingerprint density at radius 2 is 1.79 bits per heavy atom. The summed E-state index contributed by atoms with van der Waals surface area (Å²) < 4.78 is 6.46. The number of hydrogen-bond acceptors (Lipinski definition) is 7. The van der Waals surface area contributed by atoms with Crippen molar-refractivity contribution in [3.8, 4) is 5.69 Å². The molecule has 2 aromatic heterocycles. The van der Waals surface area contributed by atoms with Crippen molar-refractivity contribution in [1.29, 1.82) is 0 Å². The Hall–Kier alpha value is -4.02. The molecule has 1 aromatic carbocycles. The number of nitrogens with zero attached hydrogens (tertiary/aromatic N) is 4. The SMILES string of the molecule is CC(C)[C@H](NC(=O)c1ccco1)C(=O)NNC(=O)c1ccc(-n2cnnn2)cc1. The second kappa shape index (κ2) is 8.78. The van der Waals surface area contributed by atoms with E-state index in [0.717, 1.165) is 0 Å². The van der Waals surface area contributed by atoms with Crippen LogP contribution in [0.5, 0.6) is 0 Å². The molecule has 0 aliphatic heterocycles. The Labute approximate surface area is 165 Å². The fourth-order valence-corrected chi connectivity index (χ4v) is 2.47. The lowest BCUT2D eigenvalue weighted by atomic mass is 10.0. The molecule has 2 heterocycles. The Morgan fingerprint density at radius 1 is 1.03 bits per heavy atom. The van der Waals surface area contributed by atoms with Gasteiger partial charge in [0.25, 0.3) is 17.7 Å². The summed E-state index contributed by atoms with van der Waals surface area (Å²) in [7, 11) is 0. The van der Waals surface area contributed by atoms with E-state index in [1.807, 2.05) is 0 Å². The summed E-state index contributed by atoms with van der Waals surface area (Å²) in [6.45, 7) is 3.54. The van der Waals surface area contributed by atoms with Gasteiger partial charge in [0.1, 0.15) is 12.4 Å². The van der Waals surface area contributed by atoms with E-state index in [1.54, 1.807) is 44.2 Å². The molecule has 0 saturated heterocycles. The Bertz CT molecular complexity index is 966. The topological polar surface area (TPSA) is 144 Å². The average molecular weight is 397 g/mol. The highest BCUT2D eigenvalue weighted by molar-refractivity contribution is 5.98. The van der Waals surface area contributed by atoms with Crippen molar-refractivity contribution < 1.29 is 18.8 Å². The van der Waals surface area contributed by atoms with Crippen LogP contribution in [0.1, 0.15) is 34.8 Å². The van der Waals surface area contributed by atoms with Crippen LogP contribution in [0, 0.1) is 5.92 Å². The van der Waals surface area contributed by atoms with Gasteiger partial charge in [0.05, 0.1) is 12.0 Å². The van der Waals surface area contributed by atoms with Crippen LogP contribution in [0.4, 0.5) is 0 Å². The van der Waals surface area contributed by atoms with Crippen molar-refractivity contribution in [2.45, 2.75) is 19.9 Å². The van der Waals surface area contributed by atoms with Gasteiger partial charge in [-0.25, -0.2) is 4.68 Å². The lowest BCUT2D eigenvalue weighted by Gasteiger charge is -2.21. The van der Waals surface area contributed by atoms with Crippen molar-refractivity contribution in [2.24, 2.45) is 5.92 Å². The molecule has 0 radical (unpaired) electrons. The molecular formula is C18H19N7O4. The molecule has 11 nitrogen and oxygen atoms in total. The zero-order valence-electron chi connectivity index (χ0n) is 15.7. The van der Waals surface area contributed by atoms with Gasteiger partial charge < -0.3 is 9.73 Å². The highest BCUT2D eigenvalue weighted by Gasteiger charge is 2.26. The number of tetrazole rings is 1. The molecule has 0 saturated carbocycles. The van der Waals surface area contributed by atoms with E-state index in [4.69, 9.17) is 4.42 Å². The van der Waals surface area contributed by atoms with E-state index in [0.29, 0.717) is 11.3 Å². The summed E-state index contributed by atoms with van der Waals surface area (Å²) in [5.41, 5.74) is 5.67. The standard InChI is InChI=1S/C18H19N7O4/c1-11(2)15(20-17(27)14-4-3-9-29-14)18(28)22-21-16(26)12-5-7-13(8-6-12)25-10-19-23-24-25/h3-11,15H,1-2H3,(H,20,27)(H,21,26)(H,22,28)/t15-/m0/s1. The second-order valence-electron chi connectivity index (χ2n) is 6.42. The first-order chi connectivity index (χ1) is 14.0. The maximum atomic E-state index is 12.4. The summed E-state index contributed by atoms with van der Waals surface area (Å²) >= 11 is 0. The molecule has 3 amide bonds. The van der Waals surface area contributed by atoms with Crippen LogP contribution in [0.3, 0.4) is 0 Å². The maximum Gasteiger partial charge on any atom is 0.287 e. The summed E-state index contributed by atoms with van der Waals surface area (Å²) in [5, 5.41) is 13.4. The molecule has 3 N–H and O–H groups in total. The van der Waals surface area contributed by atoms with Gasteiger partial charge in [-0.3, -0.25) is 25.2 Å². The molecule has 0 aliphatic carbocycles. The van der Waals surface area contributed by atoms with E-state index in [2.05, 4.69) is 31.7 Å². The zero-order valence-corrected chi connectivity index (χ0v) is 15.7. The number of carbonyl (C=O) groups is 3. The van der Waals surface area contributed by atoms with E-state index in [9.17, 15) is 14.4 Å². The predicted octanol–water partition coefficient (Wildman–Crippen LogP) is 0.471. The van der Waals surface area contributed by atoms with E-state index < -0.39 is 23.8 Å². The first-order valence-corrected chi connectivity index (χ1v) is 8.73. The molecule has 29 heavy (non-hydrogen) atoms. The van der Waals surface area contributed by atoms with Crippen LogP contribution in [0.15, 0.2) is 53.4 Å². The molecule has 0 bridgehead atoms. The molecule has 0 fully saturated rings. The second-order valence-corrected chi connectivity index (χ2v) is 6.42. The summed E-state index contributed by atoms with van der Waals surface area (Å²) in [6.07, 6.45) is 2.79. The normalized spacial score (nSPS) is 11.7. The molecular weight excluding hydrogens is 378 g/mol. The van der Waals surface area contributed by atoms with Gasteiger partial charge in [0, 0.05) is 5.56 Å². The van der Waals surface area contributed by atoms with Crippen LogP contribution in [0.25, 0.3) is 5.69 Å². The van der Waals surface area contributed by atoms with Crippen LogP contribution < -0.4 is 16.2 Å². The minimum Gasteiger partial charge on any atom is -0.459 e. The Kier molecular flexibility index (Phi) is 5.97. The number of benzene rings is 1. The van der Waals surface area contributed by atoms with E-state index >= 15 is 0 Å². The molecule has 1 atom stereocenters.